The maximum absolute atomic E-state index is 8.25. The van der Waals surface area contributed by atoms with E-state index in [4.69, 9.17) is 31.3 Å². The molecule has 0 aliphatic carbocycles. The second kappa shape index (κ2) is 379. The molecule has 0 aromatic carbocycles. The Labute approximate surface area is 84.5 Å². The van der Waals surface area contributed by atoms with Crippen LogP contribution >= 0.6 is 0 Å². The van der Waals surface area contributed by atoms with Crippen molar-refractivity contribution in [3.8, 4) is 0 Å². The molecule has 0 spiro atoms. The van der Waals surface area contributed by atoms with Crippen LogP contribution in [0.3, 0.4) is 0 Å². The van der Waals surface area contributed by atoms with Crippen molar-refractivity contribution in [2.75, 3.05) is 0 Å². The van der Waals surface area contributed by atoms with Crippen molar-refractivity contribution in [3.63, 3.8) is 0 Å². The smallest absolute Gasteiger partial charge is 0.554 e. The van der Waals surface area contributed by atoms with Crippen molar-refractivity contribution < 1.29 is 58.8 Å². The molecule has 0 unspecified atom stereocenters. The minimum atomic E-state index is -0.500. The van der Waals surface area contributed by atoms with Gasteiger partial charge in [-0.25, -0.2) is 0 Å². The molecule has 9 heteroatoms. The summed E-state index contributed by atoms with van der Waals surface area (Å²) in [5, 5.41) is 16.5. The fraction of sp³-hybridized carbons (Fsp3) is 0. The summed E-state index contributed by atoms with van der Waals surface area (Å²) in [7, 11) is 0. The molecule has 8 nitrogen and oxygen atoms in total. The molecular formula is C2H10CuO8. The summed E-state index contributed by atoms with van der Waals surface area (Å²) in [5.41, 5.74) is 11.0. The Morgan fingerprint density at radius 1 is 1.00 bits per heavy atom. The zero-order valence-corrected chi connectivity index (χ0v) is 5.66. The van der Waals surface area contributed by atoms with E-state index in [2.05, 4.69) is 21.9 Å². The Morgan fingerprint density at radius 3 is 1.00 bits per heavy atom. The van der Waals surface area contributed by atoms with Gasteiger partial charge in [0.25, 0.3) is 0 Å². The molecule has 0 aliphatic heterocycles. The molecular weight excluding hydrogens is 216 g/mol. The van der Waals surface area contributed by atoms with E-state index < -0.39 is 12.9 Å². The van der Waals surface area contributed by atoms with E-state index in [1.54, 1.807) is 0 Å². The molecule has 0 aliphatic rings. The third-order valence-corrected chi connectivity index (χ3v) is 0. The average molecular weight is 234 g/mol. The van der Waals surface area contributed by atoms with E-state index in [0.717, 1.165) is 0 Å². The molecule has 0 bridgehead atoms. The molecule has 0 saturated carbocycles. The monoisotopic (exact) mass is 233 g/mol. The minimum absolute atomic E-state index is 0. The summed E-state index contributed by atoms with van der Waals surface area (Å²) in [5.74, 6) is 0. The van der Waals surface area contributed by atoms with Gasteiger partial charge >= 0.3 is 17.1 Å². The average Bonchev–Trinajstić information content (AvgIpc) is 2.23. The first-order valence-electron chi connectivity index (χ1n) is 4.21. The fourth-order valence-electron chi connectivity index (χ4n) is 0. The number of carbonyl (C=O) groups excluding carboxylic acids is 2. The number of rotatable bonds is 0. The Bertz CT molecular complexity index is 79.1. The largest absolute Gasteiger partial charge is 2.00 e. The molecule has 1 radical (unpaired) electrons. The Balaban J connectivity index is -0.0000000180. The van der Waals surface area contributed by atoms with Gasteiger partial charge in [-0.3, -0.25) is 0 Å². The molecule has 11 heavy (non-hydrogen) atoms. The maximum atomic E-state index is 8.25. The van der Waals surface area contributed by atoms with Crippen LogP contribution in [0.1, 0.15) is 0 Å². The van der Waals surface area contributed by atoms with Crippen LogP contribution in [0.25, 0.3) is 0 Å². The van der Waals surface area contributed by atoms with Gasteiger partial charge < -0.3 is 41.7 Å². The minimum Gasteiger partial charge on any atom is -0.554 e. The third-order valence-electron chi connectivity index (χ3n) is 0. The summed E-state index contributed by atoms with van der Waals surface area (Å²) in [6, 6.07) is 0. The second-order valence-corrected chi connectivity index (χ2v) is 0.192. The van der Waals surface area contributed by atoms with Crippen molar-refractivity contribution >= 4 is 12.9 Å². The first kappa shape index (κ1) is 6.98. The summed E-state index contributed by atoms with van der Waals surface area (Å²) >= 11 is 0. The predicted octanol–water partition coefficient (Wildman–Crippen LogP) is -6.57. The summed E-state index contributed by atoms with van der Waals surface area (Å²) in [6.07, 6.45) is 0. The van der Waals surface area contributed by atoms with Crippen LogP contribution in [0.4, 0.5) is 0 Å². The van der Waals surface area contributed by atoms with Gasteiger partial charge in [-0.05, 0) is 0 Å². The van der Waals surface area contributed by atoms with Crippen molar-refractivity contribution in [2.45, 2.75) is 0 Å². The van der Waals surface area contributed by atoms with Crippen LogP contribution in [0, 0.1) is 0 Å². The van der Waals surface area contributed by atoms with Crippen molar-refractivity contribution in [1.29, 1.82) is 11.4 Å². The Morgan fingerprint density at radius 2 is 1.00 bits per heavy atom. The van der Waals surface area contributed by atoms with E-state index in [1.807, 2.05) is 0 Å². The van der Waals surface area contributed by atoms with E-state index in [9.17, 15) is 0 Å². The van der Waals surface area contributed by atoms with Crippen LogP contribution in [0.2, 0.25) is 0 Å². The van der Waals surface area contributed by atoms with Gasteiger partial charge in [-0.15, -0.1) is 0 Å². The summed E-state index contributed by atoms with van der Waals surface area (Å²) in [4.78, 5) is 16.5. The molecule has 0 aromatic heterocycles. The van der Waals surface area contributed by atoms with E-state index in [-0.39, 0.29) is 17.1 Å². The zero-order chi connectivity index (χ0) is 16.2. The third kappa shape index (κ3) is 1010. The van der Waals surface area contributed by atoms with Gasteiger partial charge in [0.1, 0.15) is 0 Å². The molecule has 8 N–H and O–H groups in total. The van der Waals surface area contributed by atoms with Crippen LogP contribution in [-0.4, -0.2) is 46.3 Å². The summed E-state index contributed by atoms with van der Waals surface area (Å²) < 4.78 is 43.0. The van der Waals surface area contributed by atoms with Gasteiger partial charge in [0.05, 0.1) is 0 Å². The first-order chi connectivity index (χ1) is 8.49. The molecule has 0 aromatic rings. The zero-order valence-electron chi connectivity index (χ0n) is 12.7. The van der Waals surface area contributed by atoms with Crippen molar-refractivity contribution in [2.24, 2.45) is 0 Å². The first-order valence-corrected chi connectivity index (χ1v) is 0.943. The van der Waals surface area contributed by atoms with Crippen LogP contribution in [0.5, 0.6) is 0 Å². The van der Waals surface area contributed by atoms with E-state index >= 15 is 0 Å². The normalized spacial score (nSPS) is 9.45. The van der Waals surface area contributed by atoms with E-state index in [0.29, 0.717) is 0 Å². The van der Waals surface area contributed by atoms with Crippen molar-refractivity contribution in [3.05, 3.63) is 0 Å². The summed E-state index contributed by atoms with van der Waals surface area (Å²) in [6.45, 7) is -1.00. The molecule has 77 valence electrons. The van der Waals surface area contributed by atoms with Gasteiger partial charge in [0, 0.05) is 12.9 Å². The second-order valence-electron chi connectivity index (χ2n) is 0.192. The number of carbonyl (C=O) groups is 2. The molecule has 0 heterocycles. The van der Waals surface area contributed by atoms with Gasteiger partial charge in [0.15, 0.2) is 0 Å². The Kier molecular flexibility index (Phi) is 241. The van der Waals surface area contributed by atoms with E-state index in [1.165, 1.54) is 0 Å². The fourth-order valence-corrected chi connectivity index (χ4v) is 0. The van der Waals surface area contributed by atoms with Crippen LogP contribution < -0.4 is 10.2 Å². The van der Waals surface area contributed by atoms with Crippen LogP contribution in [-0.2, 0) is 26.7 Å². The number of carboxylic acid groups (broad SMARTS) is 2. The topological polar surface area (TPSA) is 206 Å². The van der Waals surface area contributed by atoms with Gasteiger partial charge in [-0.1, -0.05) is 0 Å². The van der Waals surface area contributed by atoms with Crippen LogP contribution in [0.15, 0.2) is 0 Å². The predicted molar refractivity (Wildman–Crippen MR) is 26.6 cm³/mol. The molecule has 0 fully saturated rings. The standard InChI is InChI=1S/2CH2O2.Cu.4H2O/c2*2-1-3;;;;;/h2*1H,(H,2,3);;4*1H2/q;;+2;;;;/p-2/i/hD8. The molecule has 0 atom stereocenters. The maximum Gasteiger partial charge on any atom is 2.00 e. The van der Waals surface area contributed by atoms with Crippen molar-refractivity contribution in [1.82, 2.24) is 0 Å². The number of hydrogen-bond donors (Lipinski definition) is 0. The Hall–Kier alpha value is -0.701. The molecule has 0 rings (SSSR count). The van der Waals surface area contributed by atoms with Gasteiger partial charge in [0.2, 0.25) is 11.4 Å². The quantitative estimate of drug-likeness (QED) is 0.295. The molecule has 0 saturated heterocycles. The SMILES string of the molecule is O=C[O-].O=C[O-].[2H]O[2H].[2H]O[2H].[2H]O[2H].[2H]O[2H].[Cu+2]. The number of hydrogen-bond acceptors (Lipinski definition) is 4. The molecule has 0 amide bonds. The van der Waals surface area contributed by atoms with Gasteiger partial charge in [-0.2, -0.15) is 0 Å².